The Labute approximate surface area is 119 Å². The van der Waals surface area contributed by atoms with Crippen molar-refractivity contribution < 1.29 is 14.7 Å². The Morgan fingerprint density at radius 1 is 1.35 bits per heavy atom. The summed E-state index contributed by atoms with van der Waals surface area (Å²) in [5, 5.41) is 11.9. The summed E-state index contributed by atoms with van der Waals surface area (Å²) in [6.45, 7) is 3.54. The topological polar surface area (TPSA) is 69.6 Å². The van der Waals surface area contributed by atoms with E-state index in [-0.39, 0.29) is 12.5 Å². The van der Waals surface area contributed by atoms with Crippen molar-refractivity contribution in [2.45, 2.75) is 20.3 Å². The molecule has 5 heteroatoms. The smallest absolute Gasteiger partial charge is 0.311 e. The highest BCUT2D eigenvalue weighted by Crippen LogP contribution is 2.20. The SMILES string of the molecule is CCC(C)(CNC(=O)c1cccc(N(C)C)c1)C(=O)O. The van der Waals surface area contributed by atoms with E-state index in [1.54, 1.807) is 32.0 Å². The maximum Gasteiger partial charge on any atom is 0.311 e. The first kappa shape index (κ1) is 16.0. The van der Waals surface area contributed by atoms with E-state index in [9.17, 15) is 14.7 Å². The van der Waals surface area contributed by atoms with Crippen LogP contribution in [0.5, 0.6) is 0 Å². The van der Waals surface area contributed by atoms with E-state index in [0.29, 0.717) is 12.0 Å². The summed E-state index contributed by atoms with van der Waals surface area (Å²) in [6, 6.07) is 7.20. The van der Waals surface area contributed by atoms with Gasteiger partial charge < -0.3 is 15.3 Å². The number of nitrogens with one attached hydrogen (secondary N) is 1. The number of nitrogens with zero attached hydrogens (tertiary/aromatic N) is 1. The molecule has 0 heterocycles. The average Bonchev–Trinajstić information content (AvgIpc) is 2.44. The number of anilines is 1. The highest BCUT2D eigenvalue weighted by molar-refractivity contribution is 5.95. The Kier molecular flexibility index (Phi) is 5.13. The molecular weight excluding hydrogens is 256 g/mol. The number of rotatable bonds is 6. The van der Waals surface area contributed by atoms with Crippen molar-refractivity contribution in [3.05, 3.63) is 29.8 Å². The van der Waals surface area contributed by atoms with E-state index in [1.165, 1.54) is 0 Å². The quantitative estimate of drug-likeness (QED) is 0.835. The maximum absolute atomic E-state index is 12.1. The Balaban J connectivity index is 2.77. The van der Waals surface area contributed by atoms with Gasteiger partial charge in [0.05, 0.1) is 5.41 Å². The van der Waals surface area contributed by atoms with Gasteiger partial charge in [0, 0.05) is 31.9 Å². The van der Waals surface area contributed by atoms with E-state index in [0.717, 1.165) is 5.69 Å². The second-order valence-corrected chi connectivity index (χ2v) is 5.35. The summed E-state index contributed by atoms with van der Waals surface area (Å²) in [5.74, 6) is -1.16. The zero-order chi connectivity index (χ0) is 15.3. The summed E-state index contributed by atoms with van der Waals surface area (Å²) in [4.78, 5) is 25.2. The lowest BCUT2D eigenvalue weighted by atomic mass is 9.87. The second kappa shape index (κ2) is 6.41. The van der Waals surface area contributed by atoms with Crippen LogP contribution in [0.15, 0.2) is 24.3 Å². The fraction of sp³-hybridized carbons (Fsp3) is 0.467. The minimum atomic E-state index is -0.936. The normalized spacial score (nSPS) is 13.4. The van der Waals surface area contributed by atoms with Gasteiger partial charge in [-0.05, 0) is 31.5 Å². The predicted octanol–water partition coefficient (Wildman–Crippen LogP) is 1.98. The molecule has 110 valence electrons. The number of benzene rings is 1. The first-order chi connectivity index (χ1) is 9.30. The first-order valence-electron chi connectivity index (χ1n) is 6.59. The van der Waals surface area contributed by atoms with E-state index in [1.807, 2.05) is 25.1 Å². The molecule has 0 aliphatic rings. The molecule has 0 aliphatic carbocycles. The van der Waals surface area contributed by atoms with Crippen LogP contribution in [0.4, 0.5) is 5.69 Å². The summed E-state index contributed by atoms with van der Waals surface area (Å²) in [6.07, 6.45) is 0.459. The van der Waals surface area contributed by atoms with Crippen molar-refractivity contribution in [3.63, 3.8) is 0 Å². The van der Waals surface area contributed by atoms with Gasteiger partial charge in [-0.25, -0.2) is 0 Å². The number of carboxylic acids is 1. The molecule has 1 amide bonds. The molecule has 1 atom stereocenters. The predicted molar refractivity (Wildman–Crippen MR) is 79.1 cm³/mol. The van der Waals surface area contributed by atoms with E-state index in [4.69, 9.17) is 0 Å². The highest BCUT2D eigenvalue weighted by atomic mass is 16.4. The summed E-state index contributed by atoms with van der Waals surface area (Å²) in [7, 11) is 3.80. The molecule has 1 unspecified atom stereocenters. The van der Waals surface area contributed by atoms with Crippen LogP contribution < -0.4 is 10.2 Å². The first-order valence-corrected chi connectivity index (χ1v) is 6.59. The van der Waals surface area contributed by atoms with Crippen molar-refractivity contribution in [3.8, 4) is 0 Å². The number of carboxylic acid groups (broad SMARTS) is 1. The van der Waals surface area contributed by atoms with E-state index < -0.39 is 11.4 Å². The molecule has 0 aliphatic heterocycles. The fourth-order valence-electron chi connectivity index (χ4n) is 1.65. The third-order valence-corrected chi connectivity index (χ3v) is 3.56. The number of carbonyl (C=O) groups is 2. The number of carbonyl (C=O) groups excluding carboxylic acids is 1. The van der Waals surface area contributed by atoms with Crippen molar-refractivity contribution in [1.29, 1.82) is 0 Å². The van der Waals surface area contributed by atoms with E-state index >= 15 is 0 Å². The monoisotopic (exact) mass is 278 g/mol. The van der Waals surface area contributed by atoms with Gasteiger partial charge in [-0.1, -0.05) is 13.0 Å². The Bertz CT molecular complexity index is 500. The van der Waals surface area contributed by atoms with Crippen molar-refractivity contribution in [2.24, 2.45) is 5.41 Å². The minimum Gasteiger partial charge on any atom is -0.481 e. The summed E-state index contributed by atoms with van der Waals surface area (Å²) >= 11 is 0. The maximum atomic E-state index is 12.1. The zero-order valence-electron chi connectivity index (χ0n) is 12.4. The van der Waals surface area contributed by atoms with Gasteiger partial charge in [-0.3, -0.25) is 9.59 Å². The average molecular weight is 278 g/mol. The van der Waals surface area contributed by atoms with Gasteiger partial charge in [-0.15, -0.1) is 0 Å². The van der Waals surface area contributed by atoms with Gasteiger partial charge in [0.1, 0.15) is 0 Å². The zero-order valence-corrected chi connectivity index (χ0v) is 12.4. The van der Waals surface area contributed by atoms with Gasteiger partial charge in [0.2, 0.25) is 0 Å². The number of hydrogen-bond donors (Lipinski definition) is 2. The van der Waals surface area contributed by atoms with Crippen molar-refractivity contribution in [1.82, 2.24) is 5.32 Å². The molecule has 0 fully saturated rings. The fourth-order valence-corrected chi connectivity index (χ4v) is 1.65. The Morgan fingerprint density at radius 3 is 2.50 bits per heavy atom. The summed E-state index contributed by atoms with van der Waals surface area (Å²) in [5.41, 5.74) is 0.517. The van der Waals surface area contributed by atoms with Crippen LogP contribution in [0.25, 0.3) is 0 Å². The molecule has 0 saturated carbocycles. The van der Waals surface area contributed by atoms with Crippen LogP contribution in [-0.4, -0.2) is 37.6 Å². The van der Waals surface area contributed by atoms with Crippen LogP contribution >= 0.6 is 0 Å². The molecule has 20 heavy (non-hydrogen) atoms. The third kappa shape index (κ3) is 3.73. The van der Waals surface area contributed by atoms with E-state index in [2.05, 4.69) is 5.32 Å². The third-order valence-electron chi connectivity index (χ3n) is 3.56. The van der Waals surface area contributed by atoms with Crippen LogP contribution in [0, 0.1) is 5.41 Å². The second-order valence-electron chi connectivity index (χ2n) is 5.35. The number of hydrogen-bond acceptors (Lipinski definition) is 3. The summed E-state index contributed by atoms with van der Waals surface area (Å²) < 4.78 is 0. The molecule has 5 nitrogen and oxygen atoms in total. The van der Waals surface area contributed by atoms with Crippen LogP contribution in [0.1, 0.15) is 30.6 Å². The lowest BCUT2D eigenvalue weighted by Crippen LogP contribution is -2.40. The Hall–Kier alpha value is -2.04. The van der Waals surface area contributed by atoms with Crippen LogP contribution in [0.3, 0.4) is 0 Å². The molecule has 1 aromatic rings. The molecular formula is C15H22N2O3. The van der Waals surface area contributed by atoms with Crippen LogP contribution in [0.2, 0.25) is 0 Å². The van der Waals surface area contributed by atoms with Crippen LogP contribution in [-0.2, 0) is 4.79 Å². The molecule has 1 aromatic carbocycles. The van der Waals surface area contributed by atoms with Gasteiger partial charge in [-0.2, -0.15) is 0 Å². The molecule has 0 radical (unpaired) electrons. The number of amides is 1. The lowest BCUT2D eigenvalue weighted by molar-refractivity contribution is -0.147. The number of aliphatic carboxylic acids is 1. The van der Waals surface area contributed by atoms with Gasteiger partial charge in [0.15, 0.2) is 0 Å². The Morgan fingerprint density at radius 2 is 2.00 bits per heavy atom. The standard InChI is InChI=1S/C15H22N2O3/c1-5-15(2,14(19)20)10-16-13(18)11-7-6-8-12(9-11)17(3)4/h6-9H,5,10H2,1-4H3,(H,16,18)(H,19,20). The largest absolute Gasteiger partial charge is 0.481 e. The lowest BCUT2D eigenvalue weighted by Gasteiger charge is -2.23. The van der Waals surface area contributed by atoms with Gasteiger partial charge in [0.25, 0.3) is 5.91 Å². The van der Waals surface area contributed by atoms with Gasteiger partial charge >= 0.3 is 5.97 Å². The molecule has 0 spiro atoms. The van der Waals surface area contributed by atoms with Crippen molar-refractivity contribution in [2.75, 3.05) is 25.5 Å². The highest BCUT2D eigenvalue weighted by Gasteiger charge is 2.31. The molecule has 0 aromatic heterocycles. The molecule has 1 rings (SSSR count). The molecule has 0 saturated heterocycles. The minimum absolute atomic E-state index is 0.115. The van der Waals surface area contributed by atoms with Crippen molar-refractivity contribution >= 4 is 17.6 Å². The molecule has 2 N–H and O–H groups in total. The molecule has 0 bridgehead atoms.